The summed E-state index contributed by atoms with van der Waals surface area (Å²) in [5.41, 5.74) is 0.591. The van der Waals surface area contributed by atoms with Crippen LogP contribution < -0.4 is 4.74 Å². The highest BCUT2D eigenvalue weighted by Gasteiger charge is 2.14. The molecule has 0 heterocycles. The fourth-order valence-electron chi connectivity index (χ4n) is 1.60. The number of alkyl halides is 2. The van der Waals surface area contributed by atoms with Crippen LogP contribution in [0.2, 0.25) is 0 Å². The first-order valence-corrected chi connectivity index (χ1v) is 6.71. The smallest absolute Gasteiger partial charge is 0.387 e. The first-order chi connectivity index (χ1) is 9.29. The van der Waals surface area contributed by atoms with Crippen LogP contribution in [0.3, 0.4) is 0 Å². The molecule has 20 heavy (non-hydrogen) atoms. The van der Waals surface area contributed by atoms with Crippen LogP contribution in [0.1, 0.15) is 5.56 Å². The lowest BCUT2D eigenvalue weighted by atomic mass is 10.2. The minimum Gasteiger partial charge on any atom is -0.434 e. The lowest BCUT2D eigenvalue weighted by Crippen LogP contribution is -2.34. The molecule has 0 atom stereocenters. The number of rotatable bonds is 6. The molecule has 1 aromatic rings. The highest BCUT2D eigenvalue weighted by atomic mass is 79.9. The van der Waals surface area contributed by atoms with Crippen LogP contribution in [0.5, 0.6) is 5.75 Å². The van der Waals surface area contributed by atoms with Gasteiger partial charge in [0, 0.05) is 30.7 Å². The topological polar surface area (TPSA) is 32.8 Å². The van der Waals surface area contributed by atoms with E-state index >= 15 is 0 Å². The number of likely N-dealkylation sites (N-methyl/N-ethyl adjacent to an activating group) is 2. The number of benzene rings is 1. The Balaban J connectivity index is 2.79. The van der Waals surface area contributed by atoms with Crippen molar-refractivity contribution in [1.29, 1.82) is 0 Å². The highest BCUT2D eigenvalue weighted by Crippen LogP contribution is 2.25. The Kier molecular flexibility index (Phi) is 6.35. The Morgan fingerprint density at radius 3 is 2.55 bits per heavy atom. The van der Waals surface area contributed by atoms with Crippen molar-refractivity contribution >= 4 is 21.8 Å². The second-order valence-electron chi connectivity index (χ2n) is 4.59. The summed E-state index contributed by atoms with van der Waals surface area (Å²) in [5, 5.41) is 0. The van der Waals surface area contributed by atoms with E-state index in [0.29, 0.717) is 12.1 Å². The minimum atomic E-state index is -2.87. The maximum Gasteiger partial charge on any atom is 0.387 e. The van der Waals surface area contributed by atoms with Gasteiger partial charge in [0.05, 0.1) is 6.54 Å². The molecule has 1 amide bonds. The Hall–Kier alpha value is -1.21. The van der Waals surface area contributed by atoms with Crippen molar-refractivity contribution in [2.75, 3.05) is 27.7 Å². The molecule has 0 aliphatic rings. The van der Waals surface area contributed by atoms with Crippen LogP contribution >= 0.6 is 15.9 Å². The summed E-state index contributed by atoms with van der Waals surface area (Å²) in [6.07, 6.45) is 0. The number of ether oxygens (including phenoxy) is 1. The van der Waals surface area contributed by atoms with E-state index in [1.807, 2.05) is 0 Å². The largest absolute Gasteiger partial charge is 0.434 e. The van der Waals surface area contributed by atoms with Crippen LogP contribution in [0, 0.1) is 0 Å². The van der Waals surface area contributed by atoms with Gasteiger partial charge in [0.15, 0.2) is 0 Å². The second kappa shape index (κ2) is 7.54. The molecular formula is C13H17BrF2N2O2. The molecule has 0 aliphatic carbocycles. The van der Waals surface area contributed by atoms with E-state index in [2.05, 4.69) is 20.7 Å². The predicted molar refractivity (Wildman–Crippen MR) is 75.8 cm³/mol. The monoisotopic (exact) mass is 350 g/mol. The van der Waals surface area contributed by atoms with Crippen molar-refractivity contribution < 1.29 is 18.3 Å². The maximum atomic E-state index is 12.3. The van der Waals surface area contributed by atoms with Crippen LogP contribution in [0.15, 0.2) is 22.7 Å². The number of carbonyl (C=O) groups excluding carboxylic acids is 1. The van der Waals surface area contributed by atoms with Crippen LogP contribution in [0.25, 0.3) is 0 Å². The molecule has 0 saturated heterocycles. The zero-order chi connectivity index (χ0) is 15.3. The molecule has 4 nitrogen and oxygen atoms in total. The van der Waals surface area contributed by atoms with Gasteiger partial charge in [0.25, 0.3) is 0 Å². The summed E-state index contributed by atoms with van der Waals surface area (Å²) < 4.78 is 29.9. The lowest BCUT2D eigenvalue weighted by Gasteiger charge is -2.20. The predicted octanol–water partition coefficient (Wildman–Crippen LogP) is 2.57. The Morgan fingerprint density at radius 2 is 2.00 bits per heavy atom. The van der Waals surface area contributed by atoms with Crippen LogP contribution in [0.4, 0.5) is 8.78 Å². The van der Waals surface area contributed by atoms with Crippen LogP contribution in [-0.2, 0) is 11.3 Å². The molecule has 0 N–H and O–H groups in total. The first-order valence-electron chi connectivity index (χ1n) is 5.91. The molecule has 0 radical (unpaired) electrons. The number of hydrogen-bond donors (Lipinski definition) is 0. The summed E-state index contributed by atoms with van der Waals surface area (Å²) in [4.78, 5) is 14.8. The van der Waals surface area contributed by atoms with Gasteiger partial charge < -0.3 is 9.64 Å². The minimum absolute atomic E-state index is 0.0566. The third-order valence-corrected chi connectivity index (χ3v) is 3.08. The zero-order valence-corrected chi connectivity index (χ0v) is 13.2. The normalized spacial score (nSPS) is 11.0. The average Bonchev–Trinajstić information content (AvgIpc) is 2.31. The van der Waals surface area contributed by atoms with Gasteiger partial charge in [-0.15, -0.1) is 0 Å². The molecule has 0 fully saturated rings. The Bertz CT molecular complexity index is 470. The van der Waals surface area contributed by atoms with E-state index in [1.54, 1.807) is 38.2 Å². The molecule has 1 rings (SSSR count). The van der Waals surface area contributed by atoms with Gasteiger partial charge in [-0.1, -0.05) is 15.9 Å². The number of hydrogen-bond acceptors (Lipinski definition) is 3. The van der Waals surface area contributed by atoms with E-state index in [0.717, 1.165) is 4.47 Å². The molecule has 7 heteroatoms. The molecule has 0 aliphatic heterocycles. The van der Waals surface area contributed by atoms with Crippen molar-refractivity contribution in [3.8, 4) is 5.75 Å². The molecule has 112 valence electrons. The summed E-state index contributed by atoms with van der Waals surface area (Å²) in [7, 11) is 5.08. The fraction of sp³-hybridized carbons (Fsp3) is 0.462. The maximum absolute atomic E-state index is 12.3. The fourth-order valence-corrected chi connectivity index (χ4v) is 2.01. The van der Waals surface area contributed by atoms with Gasteiger partial charge >= 0.3 is 6.61 Å². The summed E-state index contributed by atoms with van der Waals surface area (Å²) in [6, 6.07) is 4.81. The number of carbonyl (C=O) groups is 1. The van der Waals surface area contributed by atoms with Crippen molar-refractivity contribution in [3.05, 3.63) is 28.2 Å². The van der Waals surface area contributed by atoms with E-state index in [1.165, 1.54) is 11.0 Å². The van der Waals surface area contributed by atoms with Gasteiger partial charge in [-0.3, -0.25) is 9.69 Å². The lowest BCUT2D eigenvalue weighted by molar-refractivity contribution is -0.129. The van der Waals surface area contributed by atoms with Crippen molar-refractivity contribution in [2.24, 2.45) is 0 Å². The standard InChI is InChI=1S/C13H17BrF2N2O2/c1-17(2)12(19)8-18(3)7-9-6-10(14)4-5-11(9)20-13(15)16/h4-6,13H,7-8H2,1-3H3. The molecular weight excluding hydrogens is 334 g/mol. The van der Waals surface area contributed by atoms with Gasteiger partial charge in [-0.05, 0) is 25.2 Å². The van der Waals surface area contributed by atoms with E-state index in [4.69, 9.17) is 0 Å². The summed E-state index contributed by atoms with van der Waals surface area (Å²) in [6.45, 7) is -2.34. The molecule has 0 spiro atoms. The van der Waals surface area contributed by atoms with E-state index in [-0.39, 0.29) is 18.2 Å². The van der Waals surface area contributed by atoms with Crippen LogP contribution in [-0.4, -0.2) is 50.0 Å². The number of nitrogens with zero attached hydrogens (tertiary/aromatic N) is 2. The first kappa shape index (κ1) is 16.8. The average molecular weight is 351 g/mol. The second-order valence-corrected chi connectivity index (χ2v) is 5.51. The molecule has 0 aromatic heterocycles. The third kappa shape index (κ3) is 5.42. The SMILES string of the molecule is CN(CC(=O)N(C)C)Cc1cc(Br)ccc1OC(F)F. The third-order valence-electron chi connectivity index (χ3n) is 2.58. The van der Waals surface area contributed by atoms with Gasteiger partial charge in [0.1, 0.15) is 5.75 Å². The van der Waals surface area contributed by atoms with Crippen molar-refractivity contribution in [3.63, 3.8) is 0 Å². The summed E-state index contributed by atoms with van der Waals surface area (Å²) in [5.74, 6) is 0.0613. The summed E-state index contributed by atoms with van der Waals surface area (Å²) >= 11 is 3.29. The Labute approximate surface area is 125 Å². The van der Waals surface area contributed by atoms with Crippen molar-refractivity contribution in [2.45, 2.75) is 13.2 Å². The number of amides is 1. The molecule has 1 aromatic carbocycles. The van der Waals surface area contributed by atoms with Gasteiger partial charge in [-0.25, -0.2) is 0 Å². The molecule has 0 saturated carbocycles. The molecule has 0 unspecified atom stereocenters. The van der Waals surface area contributed by atoms with E-state index in [9.17, 15) is 13.6 Å². The zero-order valence-electron chi connectivity index (χ0n) is 11.6. The van der Waals surface area contributed by atoms with Gasteiger partial charge in [-0.2, -0.15) is 8.78 Å². The molecule has 0 bridgehead atoms. The van der Waals surface area contributed by atoms with Gasteiger partial charge in [0.2, 0.25) is 5.91 Å². The van der Waals surface area contributed by atoms with E-state index < -0.39 is 6.61 Å². The highest BCUT2D eigenvalue weighted by molar-refractivity contribution is 9.10. The Morgan fingerprint density at radius 1 is 1.35 bits per heavy atom. The number of halogens is 3. The quantitative estimate of drug-likeness (QED) is 0.790. The van der Waals surface area contributed by atoms with Crippen molar-refractivity contribution in [1.82, 2.24) is 9.80 Å².